The highest BCUT2D eigenvalue weighted by molar-refractivity contribution is 6.22. The fourth-order valence-electron chi connectivity index (χ4n) is 8.95. The molecule has 11 rings (SSSR count). The predicted octanol–water partition coefficient (Wildman–Crippen LogP) is 14.1. The van der Waals surface area contributed by atoms with Crippen LogP contribution in [0.4, 0.5) is 0 Å². The van der Waals surface area contributed by atoms with Gasteiger partial charge in [0, 0.05) is 32.9 Å². The Morgan fingerprint density at radius 1 is 0.278 bits per heavy atom. The zero-order valence-corrected chi connectivity index (χ0v) is 30.2. The Balaban J connectivity index is 1.29. The van der Waals surface area contributed by atoms with Gasteiger partial charge in [-0.15, -0.1) is 0 Å². The summed E-state index contributed by atoms with van der Waals surface area (Å²) in [6.07, 6.45) is 0. The van der Waals surface area contributed by atoms with E-state index >= 15 is 0 Å². The molecule has 0 aliphatic rings. The third kappa shape index (κ3) is 4.53. The number of rotatable bonds is 4. The summed E-state index contributed by atoms with van der Waals surface area (Å²) in [5.74, 6) is 0. The van der Waals surface area contributed by atoms with Crippen molar-refractivity contribution in [3.05, 3.63) is 193 Å². The van der Waals surface area contributed by atoms with Crippen LogP contribution in [0, 0.1) is 13.8 Å². The molecule has 2 heterocycles. The molecule has 0 bridgehead atoms. The lowest BCUT2D eigenvalue weighted by molar-refractivity contribution is 1.18. The molecule has 0 fully saturated rings. The molecule has 0 aliphatic carbocycles. The van der Waals surface area contributed by atoms with Gasteiger partial charge >= 0.3 is 0 Å². The molecular weight excluding hydrogens is 653 g/mol. The van der Waals surface area contributed by atoms with Crippen LogP contribution in [0.5, 0.6) is 0 Å². The van der Waals surface area contributed by atoms with Crippen molar-refractivity contribution in [2.75, 3.05) is 0 Å². The van der Waals surface area contributed by atoms with E-state index in [4.69, 9.17) is 0 Å². The molecule has 54 heavy (non-hydrogen) atoms. The highest BCUT2D eigenvalue weighted by Crippen LogP contribution is 2.46. The molecule has 2 aromatic heterocycles. The molecule has 0 spiro atoms. The Hall–Kier alpha value is -6.90. The molecule has 254 valence electrons. The van der Waals surface area contributed by atoms with Crippen LogP contribution >= 0.6 is 0 Å². The summed E-state index contributed by atoms with van der Waals surface area (Å²) in [7, 11) is 0. The topological polar surface area (TPSA) is 9.86 Å². The van der Waals surface area contributed by atoms with Gasteiger partial charge in [-0.05, 0) is 106 Å². The van der Waals surface area contributed by atoms with Crippen LogP contribution in [0.15, 0.2) is 182 Å². The van der Waals surface area contributed by atoms with Crippen molar-refractivity contribution >= 4 is 65.2 Å². The van der Waals surface area contributed by atoms with Gasteiger partial charge in [-0.2, -0.15) is 0 Å². The normalized spacial score (nSPS) is 11.9. The van der Waals surface area contributed by atoms with Gasteiger partial charge in [0.05, 0.1) is 22.1 Å². The fraction of sp³-hybridized carbons (Fsp3) is 0.0385. The summed E-state index contributed by atoms with van der Waals surface area (Å²) in [5, 5.41) is 10.0. The Bertz CT molecular complexity index is 2940. The molecule has 0 amide bonds. The van der Waals surface area contributed by atoms with E-state index in [2.05, 4.69) is 205 Å². The van der Waals surface area contributed by atoms with Gasteiger partial charge in [0.2, 0.25) is 0 Å². The Morgan fingerprint density at radius 3 is 0.926 bits per heavy atom. The lowest BCUT2D eigenvalue weighted by Crippen LogP contribution is -1.98. The first-order valence-corrected chi connectivity index (χ1v) is 18.8. The van der Waals surface area contributed by atoms with Crippen molar-refractivity contribution in [1.82, 2.24) is 9.13 Å². The maximum absolute atomic E-state index is 2.43. The monoisotopic (exact) mass is 688 g/mol. The van der Waals surface area contributed by atoms with Crippen molar-refractivity contribution in [3.63, 3.8) is 0 Å². The van der Waals surface area contributed by atoms with Gasteiger partial charge in [0.15, 0.2) is 0 Å². The number of hydrogen-bond donors (Lipinski definition) is 0. The first kappa shape index (κ1) is 30.7. The van der Waals surface area contributed by atoms with Gasteiger partial charge in [-0.3, -0.25) is 0 Å². The second-order valence-corrected chi connectivity index (χ2v) is 14.7. The van der Waals surface area contributed by atoms with Crippen LogP contribution in [0.2, 0.25) is 0 Å². The molecule has 2 heteroatoms. The molecule has 2 nitrogen and oxygen atoms in total. The molecule has 9 aromatic carbocycles. The fourth-order valence-corrected chi connectivity index (χ4v) is 8.95. The number of aryl methyl sites for hydroxylation is 2. The van der Waals surface area contributed by atoms with E-state index in [-0.39, 0.29) is 0 Å². The average Bonchev–Trinajstić information content (AvgIpc) is 3.74. The Labute approximate surface area is 313 Å². The Kier molecular flexibility index (Phi) is 6.72. The van der Waals surface area contributed by atoms with Crippen LogP contribution in [0.25, 0.3) is 98.8 Å². The van der Waals surface area contributed by atoms with Crippen molar-refractivity contribution in [1.29, 1.82) is 0 Å². The van der Waals surface area contributed by atoms with E-state index in [0.717, 1.165) is 11.4 Å². The first-order valence-electron chi connectivity index (χ1n) is 18.8. The summed E-state index contributed by atoms with van der Waals surface area (Å²) >= 11 is 0. The molecule has 0 unspecified atom stereocenters. The summed E-state index contributed by atoms with van der Waals surface area (Å²) < 4.78 is 4.87. The SMILES string of the molecule is Cc1ccc(-c2c3ccc(-n4c5ccccc5c5ccccc54)cc3c(-c3ccc(C)cc3)c3ccc(-n4c5ccccc5c5ccccc54)cc23)cc1. The zero-order valence-electron chi connectivity index (χ0n) is 30.2. The largest absolute Gasteiger partial charge is 0.309 e. The molecule has 0 atom stereocenters. The minimum atomic E-state index is 1.16. The molecule has 0 radical (unpaired) electrons. The van der Waals surface area contributed by atoms with E-state index in [1.54, 1.807) is 0 Å². The maximum atomic E-state index is 2.43. The van der Waals surface area contributed by atoms with Crippen LogP contribution in [0.3, 0.4) is 0 Å². The average molecular weight is 689 g/mol. The second-order valence-electron chi connectivity index (χ2n) is 14.7. The molecule has 0 saturated carbocycles. The highest BCUT2D eigenvalue weighted by Gasteiger charge is 2.21. The van der Waals surface area contributed by atoms with Crippen molar-refractivity contribution < 1.29 is 0 Å². The third-order valence-electron chi connectivity index (χ3n) is 11.4. The van der Waals surface area contributed by atoms with E-state index in [9.17, 15) is 0 Å². The lowest BCUT2D eigenvalue weighted by Gasteiger charge is -2.20. The lowest BCUT2D eigenvalue weighted by atomic mass is 9.85. The van der Waals surface area contributed by atoms with Gasteiger partial charge in [-0.25, -0.2) is 0 Å². The third-order valence-corrected chi connectivity index (χ3v) is 11.4. The van der Waals surface area contributed by atoms with E-state index in [1.165, 1.54) is 98.5 Å². The first-order chi connectivity index (χ1) is 26.6. The maximum Gasteiger partial charge on any atom is 0.0541 e. The minimum Gasteiger partial charge on any atom is -0.309 e. The summed E-state index contributed by atoms with van der Waals surface area (Å²) in [6, 6.07) is 67.5. The highest BCUT2D eigenvalue weighted by atomic mass is 15.0. The van der Waals surface area contributed by atoms with Crippen molar-refractivity contribution in [3.8, 4) is 33.6 Å². The van der Waals surface area contributed by atoms with Gasteiger partial charge in [0.25, 0.3) is 0 Å². The van der Waals surface area contributed by atoms with Gasteiger partial charge in [-0.1, -0.05) is 145 Å². The molecule has 0 saturated heterocycles. The standard InChI is InChI=1S/C52H36N2/c1-33-19-23-35(24-20-33)51-43-29-27-38(54-49-17-9-5-13-41(49)42-14-6-10-18-50(42)54)32-46(43)52(36-25-21-34(2)22-26-36)44-30-28-37(31-45(44)51)53-47-15-7-3-11-39(47)40-12-4-8-16-48(40)53/h3-32H,1-2H3. The van der Waals surface area contributed by atoms with Gasteiger partial charge < -0.3 is 9.13 Å². The smallest absolute Gasteiger partial charge is 0.0541 e. The number of aromatic nitrogens is 2. The molecule has 11 aromatic rings. The van der Waals surface area contributed by atoms with Crippen molar-refractivity contribution in [2.24, 2.45) is 0 Å². The minimum absolute atomic E-state index is 1.16. The molecular formula is C52H36N2. The molecule has 0 aliphatic heterocycles. The zero-order chi connectivity index (χ0) is 35.9. The summed E-state index contributed by atoms with van der Waals surface area (Å²) in [5.41, 5.74) is 14.6. The van der Waals surface area contributed by atoms with Crippen LogP contribution in [-0.2, 0) is 0 Å². The van der Waals surface area contributed by atoms with Crippen molar-refractivity contribution in [2.45, 2.75) is 13.8 Å². The van der Waals surface area contributed by atoms with Crippen LogP contribution in [-0.4, -0.2) is 9.13 Å². The van der Waals surface area contributed by atoms with E-state index < -0.39 is 0 Å². The van der Waals surface area contributed by atoms with Crippen LogP contribution in [0.1, 0.15) is 11.1 Å². The number of benzene rings is 9. The van der Waals surface area contributed by atoms with E-state index in [0.29, 0.717) is 0 Å². The number of nitrogens with zero attached hydrogens (tertiary/aromatic N) is 2. The van der Waals surface area contributed by atoms with Crippen LogP contribution < -0.4 is 0 Å². The summed E-state index contributed by atoms with van der Waals surface area (Å²) in [4.78, 5) is 0. The number of fused-ring (bicyclic) bond motifs is 8. The molecule has 0 N–H and O–H groups in total. The number of para-hydroxylation sites is 4. The quantitative estimate of drug-likeness (QED) is 0.163. The summed E-state index contributed by atoms with van der Waals surface area (Å²) in [6.45, 7) is 4.33. The Morgan fingerprint density at radius 2 is 0.593 bits per heavy atom. The second kappa shape index (κ2) is 11.8. The predicted molar refractivity (Wildman–Crippen MR) is 230 cm³/mol. The number of hydrogen-bond acceptors (Lipinski definition) is 0. The van der Waals surface area contributed by atoms with E-state index in [1.807, 2.05) is 0 Å². The van der Waals surface area contributed by atoms with Gasteiger partial charge in [0.1, 0.15) is 0 Å².